The Morgan fingerprint density at radius 1 is 0.315 bits per heavy atom. The molecule has 1 aromatic heterocycles. The molecule has 4 unspecified atom stereocenters. The number of carbonyl (C=O) groups is 9. The van der Waals surface area contributed by atoms with Gasteiger partial charge >= 0.3 is 24.4 Å². The number of fused-ring (bicyclic) bond motifs is 4. The summed E-state index contributed by atoms with van der Waals surface area (Å²) in [7, 11) is 0. The molecule has 6 amide bonds. The fraction of sp³-hybridized carbons (Fsp3) is 0.780. The lowest BCUT2D eigenvalue weighted by molar-refractivity contribution is -0.123. The van der Waals surface area contributed by atoms with E-state index in [1.54, 1.807) is 0 Å². The Bertz CT molecular complexity index is 3230. The molecule has 7 N–H and O–H groups in total. The lowest BCUT2D eigenvalue weighted by Gasteiger charge is -2.27. The van der Waals surface area contributed by atoms with Crippen LogP contribution in [0.2, 0.25) is 0 Å². The number of nitrogens with one attached hydrogen (secondary N) is 7. The van der Waals surface area contributed by atoms with Crippen molar-refractivity contribution >= 4 is 71.4 Å². The number of ether oxygens (including phenoxy) is 12. The van der Waals surface area contributed by atoms with Gasteiger partial charge in [-0.2, -0.15) is 15.0 Å². The molecule has 4 fully saturated rings. The van der Waals surface area contributed by atoms with Crippen LogP contribution in [0.4, 0.5) is 37.0 Å². The molecular formula is C91H138N12O21. The second kappa shape index (κ2) is 58.6. The number of rotatable bonds is 65. The number of nitrogens with zero attached hydrogens (tertiary/aromatic N) is 5. The van der Waals surface area contributed by atoms with Crippen molar-refractivity contribution in [3.05, 3.63) is 0 Å². The Morgan fingerprint density at radius 2 is 0.581 bits per heavy atom. The van der Waals surface area contributed by atoms with Gasteiger partial charge in [0.2, 0.25) is 29.7 Å². The Kier molecular flexibility index (Phi) is 46.9. The molecule has 9 rings (SSSR count). The van der Waals surface area contributed by atoms with Crippen LogP contribution in [-0.4, -0.2) is 273 Å². The van der Waals surface area contributed by atoms with E-state index in [0.29, 0.717) is 123 Å². The van der Waals surface area contributed by atoms with Crippen LogP contribution in [0.3, 0.4) is 0 Å². The van der Waals surface area contributed by atoms with Gasteiger partial charge in [-0.1, -0.05) is 13.8 Å². The van der Waals surface area contributed by atoms with Gasteiger partial charge in [0.05, 0.1) is 132 Å². The fourth-order valence-electron chi connectivity index (χ4n) is 16.7. The van der Waals surface area contributed by atoms with Crippen LogP contribution in [-0.2, 0) is 80.8 Å². The van der Waals surface area contributed by atoms with Gasteiger partial charge in [-0.3, -0.25) is 24.0 Å². The van der Waals surface area contributed by atoms with E-state index >= 15 is 0 Å². The first kappa shape index (κ1) is 99.1. The highest BCUT2D eigenvalue weighted by atomic mass is 16.6. The van der Waals surface area contributed by atoms with Crippen molar-refractivity contribution in [1.82, 2.24) is 46.9 Å². The monoisotopic (exact) mass is 1740 g/mol. The van der Waals surface area contributed by atoms with E-state index in [1.807, 2.05) is 23.6 Å². The van der Waals surface area contributed by atoms with Crippen molar-refractivity contribution in [2.45, 2.75) is 174 Å². The standard InChI is InChI=1S/C91H138N12O21/c1-67(2)82(106)31-38-94-85-99-86(102(43-51-117-59-55-113-47-32-68(104)21-19-36-95-88(109)121-63-78-70-23-11-3-4-12-24-71(70)78)45-53-119-61-57-115-49-34-83(107)92-39-41-97-90(111)123-65-80-74-27-15-7-8-16-28-75(74)80)101-87(100-85)103(44-52-118-60-56-114-48-33-69(105)22-20-37-96-89(110)122-64-79-72-25-13-5-6-14-26-73(72)79)46-54-120-62-58-116-50-35-84(108)93-40-42-98-91(112)124-66-81-76-29-17-9-10-18-30-77(76)81/h67,70-81H,11-66H2,1-2H3,(H,92,107)(H,93,108)(H,95,109)(H,96,110)(H,97,111)(H,98,112)(H,94,99,100,101)/t70-,71+,72-,73+,74-,75+,76-,77+,78?,79?,80?,81?. The van der Waals surface area contributed by atoms with E-state index in [9.17, 15) is 43.2 Å². The summed E-state index contributed by atoms with van der Waals surface area (Å²) in [5.41, 5.74) is 0. The van der Waals surface area contributed by atoms with Gasteiger partial charge in [0, 0.05) is 174 Å². The number of hydrogen-bond acceptors (Lipinski definition) is 27. The zero-order valence-corrected chi connectivity index (χ0v) is 73.4. The molecule has 0 aliphatic heterocycles. The summed E-state index contributed by atoms with van der Waals surface area (Å²) in [6, 6.07) is 0. The molecule has 1 aromatic rings. The maximum absolute atomic E-state index is 12.9. The molecule has 8 aliphatic carbocycles. The summed E-state index contributed by atoms with van der Waals surface area (Å²) in [4.78, 5) is 132. The molecule has 8 aliphatic rings. The topological polar surface area (TPSA) is 394 Å². The van der Waals surface area contributed by atoms with Gasteiger partial charge in [-0.25, -0.2) is 19.2 Å². The van der Waals surface area contributed by atoms with Crippen LogP contribution >= 0.6 is 0 Å². The van der Waals surface area contributed by atoms with Gasteiger partial charge in [-0.15, -0.1) is 47.4 Å². The van der Waals surface area contributed by atoms with Crippen molar-refractivity contribution in [3.63, 3.8) is 0 Å². The summed E-state index contributed by atoms with van der Waals surface area (Å²) < 4.78 is 69.7. The molecular weight excluding hydrogens is 1600 g/mol. The number of amides is 6. The molecule has 0 aromatic carbocycles. The van der Waals surface area contributed by atoms with Crippen molar-refractivity contribution < 1.29 is 100.0 Å². The van der Waals surface area contributed by atoms with E-state index in [4.69, 9.17) is 71.8 Å². The smallest absolute Gasteiger partial charge is 0.407 e. The SMILES string of the molecule is CC(C)C(=O)CCNc1nc(N(CCOCCOCCC(=O)CCCNC(=O)OCC2[C@H]3CCC#CCC[C@@H]23)CCOCCOCCC(=O)NCCNC(=O)OCC2[C@H]3CCC#CCC[C@@H]23)nc(N(CCOCCOCCC(=O)CCCNC(=O)OCC2[C@H]3CCC#CCC[C@@H]23)CCOCCOCCC(=O)NCCNC(=O)OCC2[C@H]3CCC#CCC[C@@H]23)n1. The molecule has 33 heteroatoms. The number of anilines is 3. The zero-order valence-electron chi connectivity index (χ0n) is 73.4. The molecule has 0 radical (unpaired) electrons. The first-order valence-electron chi connectivity index (χ1n) is 45.9. The molecule has 12 atom stereocenters. The number of Topliss-reactive ketones (excluding diaryl/α,β-unsaturated/α-hetero) is 3. The van der Waals surface area contributed by atoms with Gasteiger partial charge < -0.3 is 104 Å². The average Bonchev–Trinajstić information content (AvgIpc) is 1.64. The molecule has 124 heavy (non-hydrogen) atoms. The van der Waals surface area contributed by atoms with Crippen molar-refractivity contribution in [1.29, 1.82) is 0 Å². The molecule has 0 spiro atoms. The number of hydrogen-bond donors (Lipinski definition) is 7. The summed E-state index contributed by atoms with van der Waals surface area (Å²) in [5.74, 6) is 31.9. The predicted octanol–water partition coefficient (Wildman–Crippen LogP) is 7.80. The van der Waals surface area contributed by atoms with Crippen LogP contribution in [0.25, 0.3) is 0 Å². The second-order valence-electron chi connectivity index (χ2n) is 33.2. The van der Waals surface area contributed by atoms with Crippen molar-refractivity contribution in [3.8, 4) is 47.4 Å². The van der Waals surface area contributed by atoms with E-state index in [1.165, 1.54) is 0 Å². The maximum Gasteiger partial charge on any atom is 0.407 e. The lowest BCUT2D eigenvalue weighted by atomic mass is 10.1. The van der Waals surface area contributed by atoms with Crippen LogP contribution < -0.4 is 47.0 Å². The number of alkyl carbamates (subject to hydrolysis) is 4. The Morgan fingerprint density at radius 3 is 0.871 bits per heavy atom. The molecule has 4 saturated carbocycles. The predicted molar refractivity (Wildman–Crippen MR) is 461 cm³/mol. The molecule has 688 valence electrons. The molecule has 0 saturated heterocycles. The van der Waals surface area contributed by atoms with Crippen molar-refractivity contribution in [2.24, 2.45) is 76.9 Å². The molecule has 1 heterocycles. The average molecular weight is 1740 g/mol. The van der Waals surface area contributed by atoms with Gasteiger partial charge in [-0.05, 0) is 135 Å². The third-order valence-corrected chi connectivity index (χ3v) is 24.2. The first-order valence-corrected chi connectivity index (χ1v) is 45.9. The minimum Gasteiger partial charge on any atom is -0.449 e. The van der Waals surface area contributed by atoms with E-state index in [0.717, 1.165) is 103 Å². The summed E-state index contributed by atoms with van der Waals surface area (Å²) >= 11 is 0. The first-order chi connectivity index (χ1) is 60.7. The van der Waals surface area contributed by atoms with E-state index in [2.05, 4.69) is 84.6 Å². The Balaban J connectivity index is 0.733. The van der Waals surface area contributed by atoms with E-state index < -0.39 is 24.4 Å². The van der Waals surface area contributed by atoms with Crippen molar-refractivity contribution in [2.75, 3.05) is 219 Å². The highest BCUT2D eigenvalue weighted by Gasteiger charge is 2.52. The quantitative estimate of drug-likeness (QED) is 0.0186. The molecule has 33 nitrogen and oxygen atoms in total. The minimum atomic E-state index is -0.502. The third-order valence-electron chi connectivity index (χ3n) is 24.2. The summed E-state index contributed by atoms with van der Waals surface area (Å²) in [6.07, 6.45) is 16.0. The molecule has 0 bridgehead atoms. The van der Waals surface area contributed by atoms with Gasteiger partial charge in [0.25, 0.3) is 0 Å². The zero-order chi connectivity index (χ0) is 87.4. The third kappa shape index (κ3) is 39.9. The fourth-order valence-corrected chi connectivity index (χ4v) is 16.7. The number of aromatic nitrogens is 3. The van der Waals surface area contributed by atoms with E-state index in [-0.39, 0.29) is 262 Å². The Labute approximate surface area is 732 Å². The maximum atomic E-state index is 12.9. The highest BCUT2D eigenvalue weighted by molar-refractivity contribution is 5.81. The Hall–Kier alpha value is -8.64. The number of carbonyl (C=O) groups excluding carboxylic acids is 9. The summed E-state index contributed by atoms with van der Waals surface area (Å²) in [6.45, 7) is 11.2. The normalized spacial score (nSPS) is 22.1. The summed E-state index contributed by atoms with van der Waals surface area (Å²) in [5, 5.41) is 19.8. The largest absolute Gasteiger partial charge is 0.449 e. The van der Waals surface area contributed by atoms with Gasteiger partial charge in [0.1, 0.15) is 17.3 Å². The van der Waals surface area contributed by atoms with Crippen LogP contribution in [0.5, 0.6) is 0 Å². The van der Waals surface area contributed by atoms with Gasteiger partial charge in [0.15, 0.2) is 0 Å². The lowest BCUT2D eigenvalue weighted by Crippen LogP contribution is -2.36. The second-order valence-corrected chi connectivity index (χ2v) is 33.2. The number of ketones is 3. The highest BCUT2D eigenvalue weighted by Crippen LogP contribution is 2.55. The van der Waals surface area contributed by atoms with Crippen LogP contribution in [0, 0.1) is 124 Å². The van der Waals surface area contributed by atoms with Crippen LogP contribution in [0.15, 0.2) is 0 Å². The minimum absolute atomic E-state index is 0.0138. The van der Waals surface area contributed by atoms with Crippen LogP contribution in [0.1, 0.15) is 174 Å².